The van der Waals surface area contributed by atoms with Gasteiger partial charge in [-0.05, 0) is 37.7 Å². The quantitative estimate of drug-likeness (QED) is 0.832. The van der Waals surface area contributed by atoms with Gasteiger partial charge in [0, 0.05) is 25.7 Å². The molecule has 0 aliphatic carbocycles. The summed E-state index contributed by atoms with van der Waals surface area (Å²) < 4.78 is 0. The fourth-order valence-electron chi connectivity index (χ4n) is 2.80. The molecule has 0 fully saturated rings. The van der Waals surface area contributed by atoms with Crippen molar-refractivity contribution in [2.24, 2.45) is 0 Å². The van der Waals surface area contributed by atoms with E-state index in [1.807, 2.05) is 6.20 Å². The third-order valence-corrected chi connectivity index (χ3v) is 3.96. The van der Waals surface area contributed by atoms with Gasteiger partial charge in [0.2, 0.25) is 0 Å². The number of pyridine rings is 1. The minimum atomic E-state index is 0.963. The molecule has 1 aromatic carbocycles. The summed E-state index contributed by atoms with van der Waals surface area (Å²) in [6.45, 7) is 8.05. The molecule has 3 heteroatoms. The van der Waals surface area contributed by atoms with Gasteiger partial charge >= 0.3 is 0 Å². The number of aryl methyl sites for hydroxylation is 1. The molecule has 3 rings (SSSR count). The van der Waals surface area contributed by atoms with Crippen LogP contribution in [0.4, 0.5) is 11.5 Å². The summed E-state index contributed by atoms with van der Waals surface area (Å²) in [4.78, 5) is 9.32. The molecule has 0 radical (unpaired) electrons. The van der Waals surface area contributed by atoms with Gasteiger partial charge in [-0.2, -0.15) is 0 Å². The summed E-state index contributed by atoms with van der Waals surface area (Å²) in [5.41, 5.74) is 4.60. The average molecular weight is 279 g/mol. The first kappa shape index (κ1) is 13.7. The number of fused-ring (bicyclic) bond motifs is 1. The fraction of sp³-hybridized carbons (Fsp3) is 0.278. The van der Waals surface area contributed by atoms with E-state index in [0.29, 0.717) is 0 Å². The van der Waals surface area contributed by atoms with Crippen LogP contribution in [-0.4, -0.2) is 25.1 Å². The molecule has 0 saturated heterocycles. The van der Waals surface area contributed by atoms with Crippen LogP contribution in [0.15, 0.2) is 49.2 Å². The molecule has 21 heavy (non-hydrogen) atoms. The molecule has 1 aromatic heterocycles. The van der Waals surface area contributed by atoms with Gasteiger partial charge in [-0.15, -0.1) is 0 Å². The average Bonchev–Trinajstić information content (AvgIpc) is 2.66. The van der Waals surface area contributed by atoms with Gasteiger partial charge in [-0.3, -0.25) is 0 Å². The molecule has 3 nitrogen and oxygen atoms in total. The summed E-state index contributed by atoms with van der Waals surface area (Å²) >= 11 is 0. The van der Waals surface area contributed by atoms with Crippen molar-refractivity contribution in [2.75, 3.05) is 29.9 Å². The van der Waals surface area contributed by atoms with Gasteiger partial charge in [0.1, 0.15) is 0 Å². The minimum absolute atomic E-state index is 0.963. The SMILES string of the molecule is C=CN1CCCN(C)c2ccc(-c3cccc(C)c3)nc21. The van der Waals surface area contributed by atoms with Crippen LogP contribution in [-0.2, 0) is 0 Å². The molecule has 0 spiro atoms. The summed E-state index contributed by atoms with van der Waals surface area (Å²) in [7, 11) is 2.12. The lowest BCUT2D eigenvalue weighted by Gasteiger charge is -2.22. The third-order valence-electron chi connectivity index (χ3n) is 3.96. The van der Waals surface area contributed by atoms with Gasteiger partial charge in [0.25, 0.3) is 0 Å². The smallest absolute Gasteiger partial charge is 0.156 e. The number of aromatic nitrogens is 1. The van der Waals surface area contributed by atoms with Gasteiger partial charge in [-0.1, -0.05) is 30.3 Å². The zero-order valence-corrected chi connectivity index (χ0v) is 12.7. The number of hydrogen-bond donors (Lipinski definition) is 0. The molecule has 2 heterocycles. The number of rotatable bonds is 2. The number of nitrogens with zero attached hydrogens (tertiary/aromatic N) is 3. The maximum Gasteiger partial charge on any atom is 0.156 e. The second kappa shape index (κ2) is 5.60. The van der Waals surface area contributed by atoms with E-state index in [1.54, 1.807) is 0 Å². The van der Waals surface area contributed by atoms with E-state index in [1.165, 1.54) is 11.3 Å². The Morgan fingerprint density at radius 3 is 2.81 bits per heavy atom. The van der Waals surface area contributed by atoms with Gasteiger partial charge in [0.05, 0.1) is 11.4 Å². The summed E-state index contributed by atoms with van der Waals surface area (Å²) in [5, 5.41) is 0. The molecule has 0 amide bonds. The minimum Gasteiger partial charge on any atom is -0.372 e. The highest BCUT2D eigenvalue weighted by Gasteiger charge is 2.18. The summed E-state index contributed by atoms with van der Waals surface area (Å²) in [6.07, 6.45) is 2.99. The molecular formula is C18H21N3. The van der Waals surface area contributed by atoms with Crippen LogP contribution in [0.2, 0.25) is 0 Å². The molecule has 0 unspecified atom stereocenters. The zero-order valence-electron chi connectivity index (χ0n) is 12.7. The second-order valence-electron chi connectivity index (χ2n) is 5.56. The number of benzene rings is 1. The standard InChI is InChI=1S/C18H21N3/c1-4-21-12-6-11-20(3)17-10-9-16(19-18(17)21)15-8-5-7-14(2)13-15/h4-5,7-10,13H,1,6,11-12H2,2-3H3. The van der Waals surface area contributed by atoms with Crippen LogP contribution in [0.1, 0.15) is 12.0 Å². The Bertz CT molecular complexity index is 663. The molecule has 1 aliphatic rings. The zero-order chi connectivity index (χ0) is 14.8. The molecule has 2 aromatic rings. The topological polar surface area (TPSA) is 19.4 Å². The van der Waals surface area contributed by atoms with Crippen LogP contribution in [0.25, 0.3) is 11.3 Å². The van der Waals surface area contributed by atoms with Crippen molar-refractivity contribution in [3.8, 4) is 11.3 Å². The van der Waals surface area contributed by atoms with E-state index in [4.69, 9.17) is 4.98 Å². The van der Waals surface area contributed by atoms with Gasteiger partial charge in [0.15, 0.2) is 5.82 Å². The first-order valence-electron chi connectivity index (χ1n) is 7.37. The molecule has 1 aliphatic heterocycles. The predicted molar refractivity (Wildman–Crippen MR) is 89.8 cm³/mol. The molecular weight excluding hydrogens is 258 g/mol. The summed E-state index contributed by atoms with van der Waals surface area (Å²) in [6, 6.07) is 12.7. The van der Waals surface area contributed by atoms with Crippen LogP contribution < -0.4 is 9.80 Å². The van der Waals surface area contributed by atoms with E-state index in [9.17, 15) is 0 Å². The van der Waals surface area contributed by atoms with Crippen molar-refractivity contribution in [1.82, 2.24) is 4.98 Å². The molecule has 0 bridgehead atoms. The predicted octanol–water partition coefficient (Wildman–Crippen LogP) is 3.85. The lowest BCUT2D eigenvalue weighted by atomic mass is 10.1. The van der Waals surface area contributed by atoms with Gasteiger partial charge < -0.3 is 9.80 Å². The van der Waals surface area contributed by atoms with E-state index in [-0.39, 0.29) is 0 Å². The van der Waals surface area contributed by atoms with E-state index < -0.39 is 0 Å². The van der Waals surface area contributed by atoms with Crippen molar-refractivity contribution in [2.45, 2.75) is 13.3 Å². The van der Waals surface area contributed by atoms with Crippen molar-refractivity contribution in [3.63, 3.8) is 0 Å². The lowest BCUT2D eigenvalue weighted by Crippen LogP contribution is -2.17. The van der Waals surface area contributed by atoms with Gasteiger partial charge in [-0.25, -0.2) is 4.98 Å². The maximum absolute atomic E-state index is 4.90. The highest BCUT2D eigenvalue weighted by atomic mass is 15.2. The van der Waals surface area contributed by atoms with Crippen LogP contribution in [0, 0.1) is 6.92 Å². The number of hydrogen-bond acceptors (Lipinski definition) is 3. The van der Waals surface area contributed by atoms with E-state index in [0.717, 1.165) is 36.6 Å². The summed E-state index contributed by atoms with van der Waals surface area (Å²) in [5.74, 6) is 1.00. The van der Waals surface area contributed by atoms with Crippen molar-refractivity contribution >= 4 is 11.5 Å². The van der Waals surface area contributed by atoms with E-state index in [2.05, 4.69) is 66.7 Å². The highest BCUT2D eigenvalue weighted by molar-refractivity contribution is 5.74. The Labute approximate surface area is 126 Å². The fourth-order valence-corrected chi connectivity index (χ4v) is 2.80. The monoisotopic (exact) mass is 279 g/mol. The Kier molecular flexibility index (Phi) is 3.65. The Balaban J connectivity index is 2.10. The third kappa shape index (κ3) is 2.64. The molecule has 0 N–H and O–H groups in total. The first-order chi connectivity index (χ1) is 10.2. The Hall–Kier alpha value is -2.29. The van der Waals surface area contributed by atoms with Crippen molar-refractivity contribution in [3.05, 3.63) is 54.7 Å². The largest absolute Gasteiger partial charge is 0.372 e. The van der Waals surface area contributed by atoms with Crippen molar-refractivity contribution < 1.29 is 0 Å². The van der Waals surface area contributed by atoms with E-state index >= 15 is 0 Å². The van der Waals surface area contributed by atoms with Crippen LogP contribution in [0.3, 0.4) is 0 Å². The Morgan fingerprint density at radius 2 is 2.05 bits per heavy atom. The maximum atomic E-state index is 4.90. The number of anilines is 2. The van der Waals surface area contributed by atoms with Crippen molar-refractivity contribution in [1.29, 1.82) is 0 Å². The molecule has 108 valence electrons. The Morgan fingerprint density at radius 1 is 1.19 bits per heavy atom. The molecule has 0 atom stereocenters. The lowest BCUT2D eigenvalue weighted by molar-refractivity contribution is 0.802. The molecule has 0 saturated carbocycles. The first-order valence-corrected chi connectivity index (χ1v) is 7.37. The normalized spacial score (nSPS) is 14.6. The second-order valence-corrected chi connectivity index (χ2v) is 5.56. The highest BCUT2D eigenvalue weighted by Crippen LogP contribution is 2.32. The van der Waals surface area contributed by atoms with Crippen LogP contribution >= 0.6 is 0 Å². The van der Waals surface area contributed by atoms with Crippen LogP contribution in [0.5, 0.6) is 0 Å².